The van der Waals surface area contributed by atoms with Crippen LogP contribution < -0.4 is 0 Å². The maximum absolute atomic E-state index is 11.1. The van der Waals surface area contributed by atoms with Crippen LogP contribution in [-0.2, 0) is 0 Å². The van der Waals surface area contributed by atoms with Gasteiger partial charge >= 0.3 is 0 Å². The summed E-state index contributed by atoms with van der Waals surface area (Å²) in [7, 11) is 0. The van der Waals surface area contributed by atoms with Crippen molar-refractivity contribution in [3.63, 3.8) is 0 Å². The summed E-state index contributed by atoms with van der Waals surface area (Å²) in [5, 5.41) is 11.5. The predicted octanol–water partition coefficient (Wildman–Crippen LogP) is 4.72. The molecule has 0 saturated carbocycles. The molecule has 0 aliphatic rings. The Labute approximate surface area is 135 Å². The molecule has 2 aromatic heterocycles. The minimum atomic E-state index is -0.434. The van der Waals surface area contributed by atoms with E-state index in [4.69, 9.17) is 11.6 Å². The Morgan fingerprint density at radius 3 is 2.65 bits per heavy atom. The standard InChI is InChI=1S/C17H10ClN3O2/c18-13-8-7-11(21(22)23)10-12(13)17-16-6-3-9-20(16)15-5-2-1-4-14(15)19-17/h1-10H. The SMILES string of the molecule is O=[N+]([O-])c1ccc(Cl)c(-c2nc3ccccc3n3cccc23)c1. The van der Waals surface area contributed by atoms with E-state index >= 15 is 0 Å². The zero-order valence-electron chi connectivity index (χ0n) is 11.8. The molecular weight excluding hydrogens is 314 g/mol. The second-order valence-corrected chi connectivity index (χ2v) is 5.54. The van der Waals surface area contributed by atoms with Gasteiger partial charge < -0.3 is 4.40 Å². The van der Waals surface area contributed by atoms with Crippen LogP contribution in [0.1, 0.15) is 0 Å². The van der Waals surface area contributed by atoms with Crippen LogP contribution in [0.25, 0.3) is 27.8 Å². The van der Waals surface area contributed by atoms with Crippen LogP contribution >= 0.6 is 11.6 Å². The van der Waals surface area contributed by atoms with Crippen molar-refractivity contribution < 1.29 is 4.92 Å². The van der Waals surface area contributed by atoms with E-state index in [0.29, 0.717) is 16.3 Å². The van der Waals surface area contributed by atoms with Gasteiger partial charge in [0.05, 0.1) is 32.2 Å². The fraction of sp³-hybridized carbons (Fsp3) is 0. The molecule has 0 saturated heterocycles. The lowest BCUT2D eigenvalue weighted by Crippen LogP contribution is -1.96. The molecule has 4 aromatic rings. The Balaban J connectivity index is 2.10. The van der Waals surface area contributed by atoms with Crippen molar-refractivity contribution >= 4 is 33.8 Å². The number of para-hydroxylation sites is 2. The zero-order chi connectivity index (χ0) is 16.0. The van der Waals surface area contributed by atoms with Crippen LogP contribution in [0.5, 0.6) is 0 Å². The summed E-state index contributed by atoms with van der Waals surface area (Å²) in [5.74, 6) is 0. The maximum Gasteiger partial charge on any atom is 0.270 e. The predicted molar refractivity (Wildman–Crippen MR) is 89.8 cm³/mol. The molecule has 23 heavy (non-hydrogen) atoms. The largest absolute Gasteiger partial charge is 0.313 e. The van der Waals surface area contributed by atoms with Crippen LogP contribution in [-0.4, -0.2) is 14.3 Å². The van der Waals surface area contributed by atoms with Gasteiger partial charge in [-0.3, -0.25) is 10.1 Å². The third-order valence-corrected chi connectivity index (χ3v) is 4.11. The lowest BCUT2D eigenvalue weighted by Gasteiger charge is -2.10. The molecular formula is C17H10ClN3O2. The molecule has 0 aliphatic carbocycles. The number of nitro benzene ring substituents is 1. The highest BCUT2D eigenvalue weighted by Gasteiger charge is 2.16. The Morgan fingerprint density at radius 2 is 1.83 bits per heavy atom. The molecule has 0 spiro atoms. The van der Waals surface area contributed by atoms with Crippen LogP contribution in [0.2, 0.25) is 5.02 Å². The number of rotatable bonds is 2. The number of nitrogens with zero attached hydrogens (tertiary/aromatic N) is 3. The number of hydrogen-bond donors (Lipinski definition) is 0. The number of hydrogen-bond acceptors (Lipinski definition) is 3. The van der Waals surface area contributed by atoms with E-state index < -0.39 is 4.92 Å². The van der Waals surface area contributed by atoms with Crippen LogP contribution in [0.4, 0.5) is 5.69 Å². The summed E-state index contributed by atoms with van der Waals surface area (Å²) in [5.41, 5.74) is 3.79. The molecule has 5 nitrogen and oxygen atoms in total. The van der Waals surface area contributed by atoms with Gasteiger partial charge in [0, 0.05) is 23.9 Å². The molecule has 2 heterocycles. The number of halogens is 1. The first-order chi connectivity index (χ1) is 11.1. The molecule has 4 rings (SSSR count). The average molecular weight is 324 g/mol. The molecule has 2 aromatic carbocycles. The van der Waals surface area contributed by atoms with Gasteiger partial charge in [-0.25, -0.2) is 4.98 Å². The number of aromatic nitrogens is 2. The van der Waals surface area contributed by atoms with Crippen LogP contribution in [0, 0.1) is 10.1 Å². The molecule has 0 fully saturated rings. The van der Waals surface area contributed by atoms with Gasteiger partial charge in [0.15, 0.2) is 0 Å². The van der Waals surface area contributed by atoms with Crippen LogP contribution in [0.3, 0.4) is 0 Å². The van der Waals surface area contributed by atoms with Gasteiger partial charge in [-0.2, -0.15) is 0 Å². The minimum Gasteiger partial charge on any atom is -0.313 e. The van der Waals surface area contributed by atoms with Gasteiger partial charge in [0.1, 0.15) is 0 Å². The Bertz CT molecular complexity index is 1070. The fourth-order valence-corrected chi connectivity index (χ4v) is 2.94. The first-order valence-electron chi connectivity index (χ1n) is 6.95. The van der Waals surface area contributed by atoms with Gasteiger partial charge in [-0.1, -0.05) is 23.7 Å². The van der Waals surface area contributed by atoms with E-state index in [0.717, 1.165) is 16.6 Å². The van der Waals surface area contributed by atoms with E-state index in [2.05, 4.69) is 4.98 Å². The van der Waals surface area contributed by atoms with Crippen molar-refractivity contribution in [2.45, 2.75) is 0 Å². The smallest absolute Gasteiger partial charge is 0.270 e. The van der Waals surface area contributed by atoms with E-state index in [9.17, 15) is 10.1 Å². The van der Waals surface area contributed by atoms with E-state index in [1.54, 1.807) is 0 Å². The van der Waals surface area contributed by atoms with Crippen LogP contribution in [0.15, 0.2) is 60.8 Å². The lowest BCUT2D eigenvalue weighted by molar-refractivity contribution is -0.384. The Kier molecular flexibility index (Phi) is 3.02. The highest BCUT2D eigenvalue weighted by molar-refractivity contribution is 6.33. The van der Waals surface area contributed by atoms with Crippen molar-refractivity contribution in [3.8, 4) is 11.3 Å². The average Bonchev–Trinajstić information content (AvgIpc) is 3.04. The molecule has 0 amide bonds. The highest BCUT2D eigenvalue weighted by atomic mass is 35.5. The summed E-state index contributed by atoms with van der Waals surface area (Å²) >= 11 is 6.28. The monoisotopic (exact) mass is 323 g/mol. The first kappa shape index (κ1) is 13.7. The third-order valence-electron chi connectivity index (χ3n) is 3.78. The minimum absolute atomic E-state index is 0.0101. The van der Waals surface area contributed by atoms with Gasteiger partial charge in [0.25, 0.3) is 5.69 Å². The number of fused-ring (bicyclic) bond motifs is 3. The van der Waals surface area contributed by atoms with Gasteiger partial charge in [-0.05, 0) is 30.3 Å². The van der Waals surface area contributed by atoms with E-state index in [1.807, 2.05) is 47.0 Å². The van der Waals surface area contributed by atoms with Crippen molar-refractivity contribution in [2.24, 2.45) is 0 Å². The van der Waals surface area contributed by atoms with Crippen molar-refractivity contribution in [1.29, 1.82) is 0 Å². The maximum atomic E-state index is 11.1. The third kappa shape index (κ3) is 2.13. The van der Waals surface area contributed by atoms with Gasteiger partial charge in [-0.15, -0.1) is 0 Å². The molecule has 0 atom stereocenters. The molecule has 0 unspecified atom stereocenters. The lowest BCUT2D eigenvalue weighted by atomic mass is 10.1. The second kappa shape index (κ2) is 5.07. The molecule has 0 bridgehead atoms. The molecule has 112 valence electrons. The van der Waals surface area contributed by atoms with Gasteiger partial charge in [0.2, 0.25) is 0 Å². The number of nitro groups is 1. The van der Waals surface area contributed by atoms with Crippen molar-refractivity contribution in [2.75, 3.05) is 0 Å². The summed E-state index contributed by atoms with van der Waals surface area (Å²) in [6.45, 7) is 0. The van der Waals surface area contributed by atoms with Crippen molar-refractivity contribution in [3.05, 3.63) is 75.9 Å². The quantitative estimate of drug-likeness (QED) is 0.396. The zero-order valence-corrected chi connectivity index (χ0v) is 12.6. The number of non-ortho nitro benzene ring substituents is 1. The molecule has 0 N–H and O–H groups in total. The molecule has 0 radical (unpaired) electrons. The normalized spacial score (nSPS) is 11.2. The van der Waals surface area contributed by atoms with E-state index in [1.165, 1.54) is 18.2 Å². The van der Waals surface area contributed by atoms with E-state index in [-0.39, 0.29) is 5.69 Å². The summed E-state index contributed by atoms with van der Waals surface area (Å²) in [6.07, 6.45) is 1.94. The molecule has 0 aliphatic heterocycles. The fourth-order valence-electron chi connectivity index (χ4n) is 2.73. The second-order valence-electron chi connectivity index (χ2n) is 5.13. The molecule has 6 heteroatoms. The van der Waals surface area contributed by atoms with Crippen molar-refractivity contribution in [1.82, 2.24) is 9.38 Å². The summed E-state index contributed by atoms with van der Waals surface area (Å²) in [6, 6.07) is 16.0. The first-order valence-corrected chi connectivity index (χ1v) is 7.33. The topological polar surface area (TPSA) is 60.4 Å². The highest BCUT2D eigenvalue weighted by Crippen LogP contribution is 2.34. The summed E-state index contributed by atoms with van der Waals surface area (Å²) in [4.78, 5) is 15.3. The summed E-state index contributed by atoms with van der Waals surface area (Å²) < 4.78 is 2.01. The number of benzene rings is 2. The Morgan fingerprint density at radius 1 is 1.04 bits per heavy atom. The Hall–Kier alpha value is -2.92.